The normalized spacial score (nSPS) is 12.2. The summed E-state index contributed by atoms with van der Waals surface area (Å²) in [6.07, 6.45) is -3.36. The van der Waals surface area contributed by atoms with Gasteiger partial charge in [-0.1, -0.05) is 0 Å². The summed E-state index contributed by atoms with van der Waals surface area (Å²) in [6.45, 7) is 2.75. The Morgan fingerprint density at radius 3 is 2.63 bits per heavy atom. The van der Waals surface area contributed by atoms with Gasteiger partial charge in [0, 0.05) is 43.0 Å². The van der Waals surface area contributed by atoms with Gasteiger partial charge < -0.3 is 19.7 Å². The molecule has 0 aliphatic rings. The second-order valence-electron chi connectivity index (χ2n) is 6.61. The predicted molar refractivity (Wildman–Crippen MR) is 108 cm³/mol. The lowest BCUT2D eigenvalue weighted by Gasteiger charge is -2.26. The number of H-pyrrole nitrogens is 1. The number of benzene rings is 2. The highest BCUT2D eigenvalue weighted by Gasteiger charge is 2.35. The van der Waals surface area contributed by atoms with E-state index in [-0.39, 0.29) is 22.8 Å². The quantitative estimate of drug-likeness (QED) is 0.403. The molecule has 0 saturated carbocycles. The molecule has 3 aromatic rings. The van der Waals surface area contributed by atoms with Gasteiger partial charge in [0.15, 0.2) is 5.88 Å². The molecule has 5 nitrogen and oxygen atoms in total. The van der Waals surface area contributed by atoms with E-state index < -0.39 is 17.6 Å². The van der Waals surface area contributed by atoms with Crippen molar-refractivity contribution in [3.05, 3.63) is 53.3 Å². The zero-order valence-corrected chi connectivity index (χ0v) is 16.4. The summed E-state index contributed by atoms with van der Waals surface area (Å²) in [5.41, 5.74) is -0.0443. The summed E-state index contributed by atoms with van der Waals surface area (Å²) in [5, 5.41) is 10.4. The molecule has 0 spiro atoms. The third-order valence-corrected chi connectivity index (χ3v) is 4.70. The van der Waals surface area contributed by atoms with Gasteiger partial charge in [0.1, 0.15) is 5.82 Å². The molecule has 2 N–H and O–H groups in total. The number of methoxy groups -OCH3 is 1. The Morgan fingerprint density at radius 1 is 1.20 bits per heavy atom. The van der Waals surface area contributed by atoms with Gasteiger partial charge in [-0.15, -0.1) is 0 Å². The molecule has 0 amide bonds. The molecule has 1 aromatic heterocycles. The van der Waals surface area contributed by atoms with E-state index in [4.69, 9.17) is 4.74 Å². The number of likely N-dealkylation sites (N-methyl/N-ethyl adjacent to an activating group) is 1. The first-order chi connectivity index (χ1) is 14.2. The van der Waals surface area contributed by atoms with Gasteiger partial charge in [0.05, 0.1) is 23.4 Å². The van der Waals surface area contributed by atoms with E-state index in [0.29, 0.717) is 30.6 Å². The molecule has 9 heteroatoms. The molecular weight excluding hydrogens is 402 g/mol. The highest BCUT2D eigenvalue weighted by Crippen LogP contribution is 2.39. The van der Waals surface area contributed by atoms with Crippen LogP contribution >= 0.6 is 0 Å². The SMILES string of the molecule is CCN(CCOC)c1ccc(N=Cc2c(O)[nH]c3ccc(F)cc23)cc1C(F)(F)F. The van der Waals surface area contributed by atoms with Crippen LogP contribution in [0.2, 0.25) is 0 Å². The Balaban J connectivity index is 2.00. The molecular formula is C21H21F4N3O2. The lowest BCUT2D eigenvalue weighted by Crippen LogP contribution is -2.29. The van der Waals surface area contributed by atoms with Crippen LogP contribution in [0.15, 0.2) is 41.4 Å². The lowest BCUT2D eigenvalue weighted by atomic mass is 10.1. The summed E-state index contributed by atoms with van der Waals surface area (Å²) >= 11 is 0. The maximum atomic E-state index is 13.7. The second-order valence-corrected chi connectivity index (χ2v) is 6.61. The third-order valence-electron chi connectivity index (χ3n) is 4.70. The summed E-state index contributed by atoms with van der Waals surface area (Å²) in [6, 6.07) is 7.68. The van der Waals surface area contributed by atoms with Gasteiger partial charge in [-0.2, -0.15) is 13.2 Å². The number of hydrogen-bond acceptors (Lipinski definition) is 4. The number of aromatic nitrogens is 1. The van der Waals surface area contributed by atoms with Crippen LogP contribution in [0.3, 0.4) is 0 Å². The van der Waals surface area contributed by atoms with E-state index in [9.17, 15) is 22.7 Å². The smallest absolute Gasteiger partial charge is 0.418 e. The minimum Gasteiger partial charge on any atom is -0.494 e. The second kappa shape index (κ2) is 8.74. The van der Waals surface area contributed by atoms with E-state index in [1.165, 1.54) is 43.7 Å². The Hall–Kier alpha value is -3.07. The van der Waals surface area contributed by atoms with Crippen LogP contribution in [0.1, 0.15) is 18.1 Å². The molecule has 3 rings (SSSR count). The lowest BCUT2D eigenvalue weighted by molar-refractivity contribution is -0.137. The fraction of sp³-hybridized carbons (Fsp3) is 0.286. The van der Waals surface area contributed by atoms with E-state index in [2.05, 4.69) is 9.98 Å². The molecule has 0 aliphatic carbocycles. The first-order valence-electron chi connectivity index (χ1n) is 9.24. The van der Waals surface area contributed by atoms with E-state index in [0.717, 1.165) is 6.07 Å². The number of halogens is 4. The van der Waals surface area contributed by atoms with Crippen molar-refractivity contribution >= 4 is 28.5 Å². The molecule has 1 heterocycles. The summed E-state index contributed by atoms with van der Waals surface area (Å²) in [5.74, 6) is -0.751. The Labute approximate surface area is 170 Å². The molecule has 0 atom stereocenters. The van der Waals surface area contributed by atoms with Crippen molar-refractivity contribution in [1.82, 2.24) is 4.98 Å². The number of rotatable bonds is 7. The monoisotopic (exact) mass is 423 g/mol. The number of hydrogen-bond donors (Lipinski definition) is 2. The van der Waals surface area contributed by atoms with Gasteiger partial charge in [-0.05, 0) is 43.3 Å². The number of alkyl halides is 3. The van der Waals surface area contributed by atoms with Crippen molar-refractivity contribution in [2.45, 2.75) is 13.1 Å². The van der Waals surface area contributed by atoms with Crippen molar-refractivity contribution in [1.29, 1.82) is 0 Å². The number of anilines is 1. The molecule has 160 valence electrons. The van der Waals surface area contributed by atoms with Crippen molar-refractivity contribution in [2.24, 2.45) is 4.99 Å². The highest BCUT2D eigenvalue weighted by molar-refractivity contribution is 6.02. The van der Waals surface area contributed by atoms with Gasteiger partial charge >= 0.3 is 6.18 Å². The first-order valence-corrected chi connectivity index (χ1v) is 9.24. The van der Waals surface area contributed by atoms with Crippen LogP contribution in [0.25, 0.3) is 10.9 Å². The number of fused-ring (bicyclic) bond motifs is 1. The third kappa shape index (κ3) is 4.56. The Morgan fingerprint density at radius 2 is 1.97 bits per heavy atom. The number of nitrogens with zero attached hydrogens (tertiary/aromatic N) is 2. The standard InChI is InChI=1S/C21H21F4N3O2/c1-3-28(8-9-30-2)19-7-5-14(11-17(19)21(23,24)25)26-12-16-15-10-13(22)4-6-18(15)27-20(16)29/h4-7,10-12,27,29H,3,8-9H2,1-2H3. The van der Waals surface area contributed by atoms with E-state index >= 15 is 0 Å². The van der Waals surface area contributed by atoms with Gasteiger partial charge in [-0.3, -0.25) is 4.99 Å². The van der Waals surface area contributed by atoms with Crippen LogP contribution in [0.5, 0.6) is 5.88 Å². The van der Waals surface area contributed by atoms with Crippen LogP contribution in [-0.4, -0.2) is 43.1 Å². The number of nitrogens with one attached hydrogen (secondary N) is 1. The molecule has 0 aliphatic heterocycles. The Bertz CT molecular complexity index is 1060. The molecule has 0 saturated heterocycles. The molecule has 0 bridgehead atoms. The van der Waals surface area contributed by atoms with Crippen molar-refractivity contribution in [3.63, 3.8) is 0 Å². The largest absolute Gasteiger partial charge is 0.494 e. The van der Waals surface area contributed by atoms with E-state index in [1.54, 1.807) is 11.8 Å². The fourth-order valence-electron chi connectivity index (χ4n) is 3.20. The van der Waals surface area contributed by atoms with Crippen molar-refractivity contribution in [2.75, 3.05) is 31.7 Å². The van der Waals surface area contributed by atoms with Crippen molar-refractivity contribution < 1.29 is 27.4 Å². The maximum absolute atomic E-state index is 13.7. The zero-order valence-electron chi connectivity index (χ0n) is 16.4. The minimum atomic E-state index is -4.58. The fourth-order valence-corrected chi connectivity index (χ4v) is 3.20. The average molecular weight is 423 g/mol. The summed E-state index contributed by atoms with van der Waals surface area (Å²) in [7, 11) is 1.49. The topological polar surface area (TPSA) is 60.9 Å². The summed E-state index contributed by atoms with van der Waals surface area (Å²) in [4.78, 5) is 8.34. The zero-order chi connectivity index (χ0) is 21.9. The van der Waals surface area contributed by atoms with Gasteiger partial charge in [0.2, 0.25) is 0 Å². The number of ether oxygens (including phenoxy) is 1. The van der Waals surface area contributed by atoms with E-state index in [1.807, 2.05) is 0 Å². The molecule has 2 aromatic carbocycles. The average Bonchev–Trinajstić information content (AvgIpc) is 3.01. The van der Waals surface area contributed by atoms with Gasteiger partial charge in [-0.25, -0.2) is 4.39 Å². The number of aliphatic imine (C=N–C) groups is 1. The summed E-state index contributed by atoms with van der Waals surface area (Å²) < 4.78 is 59.6. The van der Waals surface area contributed by atoms with Crippen LogP contribution < -0.4 is 4.90 Å². The van der Waals surface area contributed by atoms with Crippen LogP contribution in [-0.2, 0) is 10.9 Å². The molecule has 30 heavy (non-hydrogen) atoms. The molecule has 0 fully saturated rings. The molecule has 0 radical (unpaired) electrons. The van der Waals surface area contributed by atoms with Gasteiger partial charge in [0.25, 0.3) is 0 Å². The highest BCUT2D eigenvalue weighted by atomic mass is 19.4. The number of aromatic amines is 1. The first kappa shape index (κ1) is 21.6. The number of aromatic hydroxyl groups is 1. The van der Waals surface area contributed by atoms with Crippen molar-refractivity contribution in [3.8, 4) is 5.88 Å². The van der Waals surface area contributed by atoms with Crippen LogP contribution in [0.4, 0.5) is 28.9 Å². The maximum Gasteiger partial charge on any atom is 0.418 e. The van der Waals surface area contributed by atoms with Crippen LogP contribution in [0, 0.1) is 5.82 Å². The molecule has 0 unspecified atom stereocenters. The minimum absolute atomic E-state index is 0.0398. The predicted octanol–water partition coefficient (Wildman–Crippen LogP) is 5.25. The Kier molecular flexibility index (Phi) is 6.31.